The van der Waals surface area contributed by atoms with Gasteiger partial charge < -0.3 is 9.84 Å². The van der Waals surface area contributed by atoms with Gasteiger partial charge in [0.25, 0.3) is 0 Å². The molecule has 0 saturated carbocycles. The van der Waals surface area contributed by atoms with Gasteiger partial charge in [-0.15, -0.1) is 0 Å². The van der Waals surface area contributed by atoms with Crippen molar-refractivity contribution in [1.29, 1.82) is 0 Å². The largest absolute Gasteiger partial charge is 0.487 e. The number of benzene rings is 2. The Labute approximate surface area is 222 Å². The van der Waals surface area contributed by atoms with Gasteiger partial charge in [0.05, 0.1) is 22.5 Å². The minimum absolute atomic E-state index is 0.170. The molecule has 0 aliphatic rings. The van der Waals surface area contributed by atoms with Gasteiger partial charge in [0.2, 0.25) is 10.0 Å². The fraction of sp³-hybridized carbons (Fsp3) is 0.241. The fourth-order valence-corrected chi connectivity index (χ4v) is 5.44. The summed E-state index contributed by atoms with van der Waals surface area (Å²) in [6.45, 7) is 7.50. The Morgan fingerprint density at radius 1 is 0.974 bits per heavy atom. The number of ether oxygens (including phenoxy) is 1. The molecule has 2 N–H and O–H groups in total. The van der Waals surface area contributed by atoms with Crippen LogP contribution < -0.4 is 9.46 Å². The van der Waals surface area contributed by atoms with Gasteiger partial charge in [-0.3, -0.25) is 9.97 Å². The van der Waals surface area contributed by atoms with Crippen molar-refractivity contribution in [3.63, 3.8) is 0 Å². The Morgan fingerprint density at radius 2 is 1.71 bits per heavy atom. The highest BCUT2D eigenvalue weighted by molar-refractivity contribution is 7.89. The normalized spacial score (nSPS) is 12.8. The van der Waals surface area contributed by atoms with Crippen LogP contribution in [0.3, 0.4) is 0 Å². The molecule has 0 aliphatic carbocycles. The first-order valence-corrected chi connectivity index (χ1v) is 13.5. The number of hydrogen-bond acceptors (Lipinski definition) is 6. The Bertz CT molecular complexity index is 1500. The van der Waals surface area contributed by atoms with E-state index in [4.69, 9.17) is 4.74 Å². The molecular formula is C29H30FN3O4S. The summed E-state index contributed by atoms with van der Waals surface area (Å²) >= 11 is 0. The molecule has 0 spiro atoms. The van der Waals surface area contributed by atoms with Crippen LogP contribution in [0.4, 0.5) is 4.39 Å². The van der Waals surface area contributed by atoms with Gasteiger partial charge in [-0.2, -0.15) is 0 Å². The molecule has 2 aromatic heterocycles. The topological polar surface area (TPSA) is 101 Å². The van der Waals surface area contributed by atoms with E-state index in [0.717, 1.165) is 11.1 Å². The number of aryl methyl sites for hydroxylation is 1. The molecule has 2 aromatic carbocycles. The summed E-state index contributed by atoms with van der Waals surface area (Å²) in [6.07, 6.45) is 2.18. The van der Waals surface area contributed by atoms with E-state index in [1.54, 1.807) is 57.3 Å². The molecule has 1 unspecified atom stereocenters. The molecule has 2 heterocycles. The first kappa shape index (κ1) is 27.4. The molecule has 7 nitrogen and oxygen atoms in total. The Morgan fingerprint density at radius 3 is 2.32 bits per heavy atom. The first-order chi connectivity index (χ1) is 17.9. The lowest BCUT2D eigenvalue weighted by molar-refractivity contribution is 0.214. The third-order valence-electron chi connectivity index (χ3n) is 5.60. The van der Waals surface area contributed by atoms with Crippen LogP contribution in [-0.4, -0.2) is 29.0 Å². The van der Waals surface area contributed by atoms with E-state index in [1.165, 1.54) is 30.5 Å². The van der Waals surface area contributed by atoms with Crippen molar-refractivity contribution in [2.45, 2.75) is 50.8 Å². The molecule has 0 saturated heterocycles. The van der Waals surface area contributed by atoms with Gasteiger partial charge in [0, 0.05) is 22.9 Å². The van der Waals surface area contributed by atoms with Gasteiger partial charge in [-0.25, -0.2) is 17.5 Å². The van der Waals surface area contributed by atoms with Crippen LogP contribution in [0.25, 0.3) is 11.3 Å². The van der Waals surface area contributed by atoms with Crippen molar-refractivity contribution in [1.82, 2.24) is 14.7 Å². The molecule has 0 bridgehead atoms. The average Bonchev–Trinajstić information content (AvgIpc) is 2.86. The predicted molar refractivity (Wildman–Crippen MR) is 144 cm³/mol. The van der Waals surface area contributed by atoms with Gasteiger partial charge >= 0.3 is 0 Å². The quantitative estimate of drug-likeness (QED) is 0.316. The summed E-state index contributed by atoms with van der Waals surface area (Å²) in [5, 5.41) is 10.5. The van der Waals surface area contributed by atoms with E-state index in [0.29, 0.717) is 28.3 Å². The molecule has 198 valence electrons. The summed E-state index contributed by atoms with van der Waals surface area (Å²) in [6, 6.07) is 17.7. The highest BCUT2D eigenvalue weighted by Crippen LogP contribution is 2.28. The van der Waals surface area contributed by atoms with E-state index in [2.05, 4.69) is 14.7 Å². The van der Waals surface area contributed by atoms with Crippen molar-refractivity contribution in [3.8, 4) is 17.0 Å². The van der Waals surface area contributed by atoms with Crippen LogP contribution >= 0.6 is 0 Å². The number of aliphatic hydroxyl groups excluding tert-OH is 1. The van der Waals surface area contributed by atoms with Gasteiger partial charge in [0.1, 0.15) is 24.3 Å². The first-order valence-electron chi connectivity index (χ1n) is 12.0. The molecule has 9 heteroatoms. The smallest absolute Gasteiger partial charge is 0.241 e. The number of aromatic nitrogens is 2. The highest BCUT2D eigenvalue weighted by Gasteiger charge is 2.25. The SMILES string of the molecule is Cc1ccc(S(=O)(=O)NC(C)(C)C)c(-c2ccc(COc3ccc(C(O)c4ccc(F)cc4)nc3)cn2)c1. The van der Waals surface area contributed by atoms with Crippen molar-refractivity contribution in [2.24, 2.45) is 0 Å². The summed E-state index contributed by atoms with van der Waals surface area (Å²) in [5.74, 6) is 0.131. The number of halogens is 1. The van der Waals surface area contributed by atoms with Crippen LogP contribution in [0.1, 0.15) is 49.3 Å². The van der Waals surface area contributed by atoms with Gasteiger partial charge in [-0.05, 0) is 75.7 Å². The molecule has 38 heavy (non-hydrogen) atoms. The maximum absolute atomic E-state index is 13.1. The number of sulfonamides is 1. The Balaban J connectivity index is 1.46. The van der Waals surface area contributed by atoms with E-state index in [1.807, 2.05) is 19.1 Å². The molecule has 0 radical (unpaired) electrons. The number of pyridine rings is 2. The predicted octanol–water partition coefficient (Wildman–Crippen LogP) is 5.33. The monoisotopic (exact) mass is 535 g/mol. The van der Waals surface area contributed by atoms with Crippen LogP contribution in [0, 0.1) is 12.7 Å². The summed E-state index contributed by atoms with van der Waals surface area (Å²) < 4.78 is 47.7. The van der Waals surface area contributed by atoms with E-state index in [9.17, 15) is 17.9 Å². The maximum Gasteiger partial charge on any atom is 0.241 e. The molecular weight excluding hydrogens is 505 g/mol. The van der Waals surface area contributed by atoms with Crippen LogP contribution in [0.5, 0.6) is 5.75 Å². The second-order valence-corrected chi connectivity index (χ2v) is 11.7. The number of hydrogen-bond donors (Lipinski definition) is 2. The third-order valence-corrected chi connectivity index (χ3v) is 7.41. The van der Waals surface area contributed by atoms with Crippen molar-refractivity contribution in [2.75, 3.05) is 0 Å². The number of aliphatic hydroxyl groups is 1. The van der Waals surface area contributed by atoms with Crippen LogP contribution in [0.15, 0.2) is 84.0 Å². The molecule has 4 aromatic rings. The Hall–Kier alpha value is -3.66. The van der Waals surface area contributed by atoms with Gasteiger partial charge in [0.15, 0.2) is 0 Å². The maximum atomic E-state index is 13.1. The second-order valence-electron chi connectivity index (χ2n) is 10.1. The fourth-order valence-electron chi connectivity index (χ4n) is 3.83. The lowest BCUT2D eigenvalue weighted by Crippen LogP contribution is -2.40. The summed E-state index contributed by atoms with van der Waals surface area (Å²) in [5.41, 5.74) is 3.10. The summed E-state index contributed by atoms with van der Waals surface area (Å²) in [4.78, 5) is 8.93. The third kappa shape index (κ3) is 6.80. The van der Waals surface area contributed by atoms with E-state index >= 15 is 0 Å². The van der Waals surface area contributed by atoms with Crippen molar-refractivity contribution >= 4 is 10.0 Å². The van der Waals surface area contributed by atoms with E-state index in [-0.39, 0.29) is 17.3 Å². The minimum atomic E-state index is -3.76. The van der Waals surface area contributed by atoms with Crippen LogP contribution in [-0.2, 0) is 16.6 Å². The minimum Gasteiger partial charge on any atom is -0.487 e. The van der Waals surface area contributed by atoms with Gasteiger partial charge in [-0.1, -0.05) is 29.8 Å². The number of rotatable bonds is 8. The standard InChI is InChI=1S/C29H30FN3O4S/c1-19-5-14-27(38(35,36)33-29(2,3)4)24(15-19)25-12-6-20(16-31-25)18-37-23-11-13-26(32-17-23)28(34)21-7-9-22(30)10-8-21/h5-17,28,33-34H,18H2,1-4H3. The lowest BCUT2D eigenvalue weighted by Gasteiger charge is -2.21. The highest BCUT2D eigenvalue weighted by atomic mass is 32.2. The molecule has 1 atom stereocenters. The Kier molecular flexibility index (Phi) is 7.91. The van der Waals surface area contributed by atoms with Crippen LogP contribution in [0.2, 0.25) is 0 Å². The zero-order chi connectivity index (χ0) is 27.5. The molecule has 0 amide bonds. The zero-order valence-corrected chi connectivity index (χ0v) is 22.5. The molecule has 4 rings (SSSR count). The number of nitrogens with zero attached hydrogens (tertiary/aromatic N) is 2. The van der Waals surface area contributed by atoms with E-state index < -0.39 is 21.7 Å². The summed E-state index contributed by atoms with van der Waals surface area (Å²) in [7, 11) is -3.76. The zero-order valence-electron chi connectivity index (χ0n) is 21.6. The average molecular weight is 536 g/mol. The molecule has 0 fully saturated rings. The lowest BCUT2D eigenvalue weighted by atomic mass is 10.1. The van der Waals surface area contributed by atoms with Crippen molar-refractivity contribution in [3.05, 3.63) is 107 Å². The second kappa shape index (κ2) is 11.0. The molecule has 0 aliphatic heterocycles. The van der Waals surface area contributed by atoms with Crippen molar-refractivity contribution < 1.29 is 22.7 Å². The number of nitrogens with one attached hydrogen (secondary N) is 1.